The van der Waals surface area contributed by atoms with Gasteiger partial charge in [-0.15, -0.1) is 0 Å². The van der Waals surface area contributed by atoms with Gasteiger partial charge in [0.1, 0.15) is 12.7 Å². The minimum Gasteiger partial charge on any atom is -0.349 e. The molecule has 1 atom stereocenters. The fourth-order valence-electron chi connectivity index (χ4n) is 3.85. The molecule has 3 aromatic rings. The first-order valence-corrected chi connectivity index (χ1v) is 12.2. The lowest BCUT2D eigenvalue weighted by atomic mass is 10.1. The predicted molar refractivity (Wildman–Crippen MR) is 121 cm³/mol. The number of benzene rings is 2. The number of hydrogen-bond acceptors (Lipinski definition) is 5. The van der Waals surface area contributed by atoms with E-state index in [1.807, 2.05) is 31.2 Å². The molecule has 0 saturated carbocycles. The summed E-state index contributed by atoms with van der Waals surface area (Å²) in [6.45, 7) is 3.07. The van der Waals surface area contributed by atoms with Crippen LogP contribution in [0.15, 0.2) is 66.1 Å². The Labute approximate surface area is 188 Å². The quantitative estimate of drug-likeness (QED) is 0.593. The van der Waals surface area contributed by atoms with Gasteiger partial charge in [0.15, 0.2) is 0 Å². The summed E-state index contributed by atoms with van der Waals surface area (Å²) in [5.74, 6) is -0.121. The number of nitrogens with zero attached hydrogens (tertiary/aromatic N) is 4. The third kappa shape index (κ3) is 5.05. The molecule has 1 saturated heterocycles. The van der Waals surface area contributed by atoms with Crippen LogP contribution in [0.2, 0.25) is 0 Å². The highest BCUT2D eigenvalue weighted by Crippen LogP contribution is 2.21. The summed E-state index contributed by atoms with van der Waals surface area (Å²) in [7, 11) is -3.46. The van der Waals surface area contributed by atoms with Crippen molar-refractivity contribution >= 4 is 15.9 Å². The zero-order valence-corrected chi connectivity index (χ0v) is 18.8. The lowest BCUT2D eigenvalue weighted by Gasteiger charge is -2.25. The Morgan fingerprint density at radius 1 is 1.03 bits per heavy atom. The Morgan fingerprint density at radius 3 is 2.34 bits per heavy atom. The fourth-order valence-corrected chi connectivity index (χ4v) is 5.37. The Kier molecular flexibility index (Phi) is 6.66. The van der Waals surface area contributed by atoms with E-state index in [-0.39, 0.29) is 23.3 Å². The monoisotopic (exact) mass is 453 g/mol. The summed E-state index contributed by atoms with van der Waals surface area (Å²) < 4.78 is 28.7. The summed E-state index contributed by atoms with van der Waals surface area (Å²) >= 11 is 0. The van der Waals surface area contributed by atoms with Crippen LogP contribution in [0, 0.1) is 0 Å². The van der Waals surface area contributed by atoms with Crippen LogP contribution in [-0.2, 0) is 21.2 Å². The zero-order valence-electron chi connectivity index (χ0n) is 18.0. The van der Waals surface area contributed by atoms with E-state index in [1.165, 1.54) is 6.33 Å². The molecule has 1 N–H and O–H groups in total. The molecule has 1 amide bonds. The molecule has 0 bridgehead atoms. The molecule has 1 unspecified atom stereocenters. The average Bonchev–Trinajstić information content (AvgIpc) is 3.35. The number of carbonyl (C=O) groups excluding carboxylic acids is 1. The molecule has 32 heavy (non-hydrogen) atoms. The van der Waals surface area contributed by atoms with E-state index in [0.717, 1.165) is 36.1 Å². The summed E-state index contributed by atoms with van der Waals surface area (Å²) in [4.78, 5) is 16.7. The average molecular weight is 454 g/mol. The molecule has 0 radical (unpaired) electrons. The third-order valence-corrected chi connectivity index (χ3v) is 7.61. The zero-order chi connectivity index (χ0) is 22.6. The smallest absolute Gasteiger partial charge is 0.243 e. The van der Waals surface area contributed by atoms with Gasteiger partial charge in [-0.2, -0.15) is 9.40 Å². The highest BCUT2D eigenvalue weighted by molar-refractivity contribution is 7.89. The van der Waals surface area contributed by atoms with E-state index < -0.39 is 10.0 Å². The lowest BCUT2D eigenvalue weighted by Crippen LogP contribution is -2.35. The van der Waals surface area contributed by atoms with Crippen LogP contribution >= 0.6 is 0 Å². The van der Waals surface area contributed by atoms with Crippen molar-refractivity contribution in [3.8, 4) is 5.69 Å². The molecule has 1 aliphatic rings. The number of piperidine rings is 1. The molecule has 2 aromatic carbocycles. The van der Waals surface area contributed by atoms with Gasteiger partial charge in [-0.1, -0.05) is 30.7 Å². The SMILES string of the molecule is CC(NC(=O)Cc1ccc(S(=O)(=O)N2CCCCC2)cc1)c1ccc(-n2cncn2)cc1. The molecule has 4 rings (SSSR count). The number of carbonyl (C=O) groups is 1. The van der Waals surface area contributed by atoms with Crippen molar-refractivity contribution in [1.82, 2.24) is 24.4 Å². The molecule has 168 valence electrons. The maximum Gasteiger partial charge on any atom is 0.243 e. The number of hydrogen-bond donors (Lipinski definition) is 1. The van der Waals surface area contributed by atoms with Crippen molar-refractivity contribution in [2.75, 3.05) is 13.1 Å². The van der Waals surface area contributed by atoms with E-state index in [2.05, 4.69) is 15.4 Å². The summed E-state index contributed by atoms with van der Waals surface area (Å²) in [5.41, 5.74) is 2.64. The van der Waals surface area contributed by atoms with Crippen LogP contribution in [0.1, 0.15) is 43.4 Å². The number of rotatable bonds is 7. The van der Waals surface area contributed by atoms with Crippen molar-refractivity contribution < 1.29 is 13.2 Å². The van der Waals surface area contributed by atoms with Gasteiger partial charge < -0.3 is 5.32 Å². The third-order valence-electron chi connectivity index (χ3n) is 5.69. The molecule has 0 aliphatic carbocycles. The minimum absolute atomic E-state index is 0.121. The van der Waals surface area contributed by atoms with Gasteiger partial charge >= 0.3 is 0 Å². The Bertz CT molecular complexity index is 1140. The highest BCUT2D eigenvalue weighted by Gasteiger charge is 2.25. The van der Waals surface area contributed by atoms with Crippen LogP contribution in [-0.4, -0.2) is 46.5 Å². The molecule has 0 spiro atoms. The van der Waals surface area contributed by atoms with E-state index in [4.69, 9.17) is 0 Å². The van der Waals surface area contributed by atoms with Crippen molar-refractivity contribution in [2.24, 2.45) is 0 Å². The maximum atomic E-state index is 12.8. The topological polar surface area (TPSA) is 97.2 Å². The summed E-state index contributed by atoms with van der Waals surface area (Å²) in [6, 6.07) is 14.2. The fraction of sp³-hybridized carbons (Fsp3) is 0.348. The van der Waals surface area contributed by atoms with Gasteiger partial charge in [0.05, 0.1) is 23.0 Å². The van der Waals surface area contributed by atoms with Crippen LogP contribution < -0.4 is 5.32 Å². The molecule has 1 fully saturated rings. The van der Waals surface area contributed by atoms with Crippen LogP contribution in [0.3, 0.4) is 0 Å². The first kappa shape index (κ1) is 22.2. The highest BCUT2D eigenvalue weighted by atomic mass is 32.2. The van der Waals surface area contributed by atoms with Gasteiger partial charge in [-0.25, -0.2) is 18.1 Å². The normalized spacial score (nSPS) is 15.9. The maximum absolute atomic E-state index is 12.8. The van der Waals surface area contributed by atoms with E-state index >= 15 is 0 Å². The minimum atomic E-state index is -3.46. The largest absolute Gasteiger partial charge is 0.349 e. The van der Waals surface area contributed by atoms with E-state index in [1.54, 1.807) is 39.6 Å². The standard InChI is InChI=1S/C23H27N5O3S/c1-18(20-7-9-21(10-8-20)28-17-24-16-25-28)26-23(29)15-19-5-11-22(12-6-19)32(30,31)27-13-3-2-4-14-27/h5-12,16-18H,2-4,13-15H2,1H3,(H,26,29). The van der Waals surface area contributed by atoms with Gasteiger partial charge in [-0.3, -0.25) is 4.79 Å². The predicted octanol–water partition coefficient (Wildman–Crippen LogP) is 2.86. The Balaban J connectivity index is 1.34. The lowest BCUT2D eigenvalue weighted by molar-refractivity contribution is -0.121. The molecule has 1 aromatic heterocycles. The first-order valence-electron chi connectivity index (χ1n) is 10.8. The second kappa shape index (κ2) is 9.62. The van der Waals surface area contributed by atoms with Gasteiger partial charge in [0.2, 0.25) is 15.9 Å². The van der Waals surface area contributed by atoms with E-state index in [9.17, 15) is 13.2 Å². The van der Waals surface area contributed by atoms with Crippen LogP contribution in [0.25, 0.3) is 5.69 Å². The second-order valence-electron chi connectivity index (χ2n) is 8.01. The van der Waals surface area contributed by atoms with E-state index in [0.29, 0.717) is 13.1 Å². The second-order valence-corrected chi connectivity index (χ2v) is 9.94. The number of nitrogens with one attached hydrogen (secondary N) is 1. The number of amides is 1. The van der Waals surface area contributed by atoms with Gasteiger partial charge in [0.25, 0.3) is 0 Å². The molecule has 8 nitrogen and oxygen atoms in total. The summed E-state index contributed by atoms with van der Waals surface area (Å²) in [5, 5.41) is 7.09. The number of sulfonamides is 1. The molecule has 2 heterocycles. The van der Waals surface area contributed by atoms with Crippen LogP contribution in [0.5, 0.6) is 0 Å². The van der Waals surface area contributed by atoms with Gasteiger partial charge in [-0.05, 0) is 55.2 Å². The molecular formula is C23H27N5O3S. The van der Waals surface area contributed by atoms with Crippen LogP contribution in [0.4, 0.5) is 0 Å². The summed E-state index contributed by atoms with van der Waals surface area (Å²) in [6.07, 6.45) is 6.17. The molecular weight excluding hydrogens is 426 g/mol. The first-order chi connectivity index (χ1) is 15.4. The van der Waals surface area contributed by atoms with Crippen molar-refractivity contribution in [2.45, 2.75) is 43.5 Å². The van der Waals surface area contributed by atoms with Gasteiger partial charge in [0, 0.05) is 13.1 Å². The number of aromatic nitrogens is 3. The molecule has 9 heteroatoms. The Hall–Kier alpha value is -3.04. The van der Waals surface area contributed by atoms with Crippen molar-refractivity contribution in [3.05, 3.63) is 72.3 Å². The molecule has 1 aliphatic heterocycles. The Morgan fingerprint density at radius 2 is 1.72 bits per heavy atom. The van der Waals surface area contributed by atoms with Crippen molar-refractivity contribution in [3.63, 3.8) is 0 Å². The van der Waals surface area contributed by atoms with Crippen molar-refractivity contribution in [1.29, 1.82) is 0 Å².